The zero-order valence-corrected chi connectivity index (χ0v) is 12.0. The first-order valence-corrected chi connectivity index (χ1v) is 7.01. The smallest absolute Gasteiger partial charge is 0.129 e. The molecule has 1 aliphatic rings. The first-order chi connectivity index (χ1) is 8.03. The summed E-state index contributed by atoms with van der Waals surface area (Å²) in [7, 11) is 0. The molecule has 1 aromatic rings. The first kappa shape index (κ1) is 12.9. The highest BCUT2D eigenvalue weighted by atomic mass is 79.9. The summed E-state index contributed by atoms with van der Waals surface area (Å²) >= 11 is 3.34. The zero-order chi connectivity index (χ0) is 12.5. The molecule has 17 heavy (non-hydrogen) atoms. The van der Waals surface area contributed by atoms with E-state index in [1.165, 1.54) is 18.4 Å². The number of nitrogens with one attached hydrogen (secondary N) is 1. The maximum absolute atomic E-state index is 9.41. The third-order valence-electron chi connectivity index (χ3n) is 3.94. The Balaban J connectivity index is 1.84. The minimum absolute atomic E-state index is 0.301. The number of hydrogen-bond acceptors (Lipinski definition) is 2. The number of halogens is 1. The molecule has 0 saturated heterocycles. The summed E-state index contributed by atoms with van der Waals surface area (Å²) in [5, 5.41) is 12.9. The lowest BCUT2D eigenvalue weighted by Crippen LogP contribution is -2.27. The highest BCUT2D eigenvalue weighted by Gasteiger charge is 2.44. The summed E-state index contributed by atoms with van der Waals surface area (Å²) in [6, 6.07) is 5.66. The predicted octanol–water partition coefficient (Wildman–Crippen LogP) is 3.68. The van der Waals surface area contributed by atoms with E-state index in [1.807, 2.05) is 12.1 Å². The molecule has 0 radical (unpaired) electrons. The van der Waals surface area contributed by atoms with Crippen LogP contribution in [0.1, 0.15) is 32.3 Å². The van der Waals surface area contributed by atoms with E-state index < -0.39 is 0 Å². The molecule has 0 unspecified atom stereocenters. The fourth-order valence-corrected chi connectivity index (χ4v) is 2.66. The third kappa shape index (κ3) is 3.02. The van der Waals surface area contributed by atoms with Crippen LogP contribution in [0, 0.1) is 11.3 Å². The quantitative estimate of drug-likeness (QED) is 0.869. The molecule has 0 amide bonds. The van der Waals surface area contributed by atoms with Crippen LogP contribution >= 0.6 is 15.9 Å². The van der Waals surface area contributed by atoms with Gasteiger partial charge >= 0.3 is 0 Å². The molecule has 0 aromatic heterocycles. The Morgan fingerprint density at radius 3 is 2.65 bits per heavy atom. The molecule has 1 aromatic carbocycles. The minimum Gasteiger partial charge on any atom is -0.507 e. The number of rotatable bonds is 5. The van der Waals surface area contributed by atoms with Crippen LogP contribution in [0.4, 0.5) is 0 Å². The molecule has 0 atom stereocenters. The second-order valence-corrected chi connectivity index (χ2v) is 6.26. The number of hydrogen-bond donors (Lipinski definition) is 2. The Kier molecular flexibility index (Phi) is 3.79. The molecular formula is C14H20BrNO. The molecule has 0 aliphatic heterocycles. The molecule has 3 heteroatoms. The van der Waals surface area contributed by atoms with Crippen molar-refractivity contribution >= 4 is 15.9 Å². The van der Waals surface area contributed by atoms with Crippen molar-refractivity contribution in [3.63, 3.8) is 0 Å². The molecular weight excluding hydrogens is 278 g/mol. The fourth-order valence-electron chi connectivity index (χ4n) is 2.23. The van der Waals surface area contributed by atoms with Crippen LogP contribution < -0.4 is 5.32 Å². The zero-order valence-electron chi connectivity index (χ0n) is 10.5. The van der Waals surface area contributed by atoms with Crippen molar-refractivity contribution in [1.29, 1.82) is 0 Å². The Morgan fingerprint density at radius 1 is 1.41 bits per heavy atom. The van der Waals surface area contributed by atoms with Crippen LogP contribution in [0.5, 0.6) is 5.75 Å². The lowest BCUT2D eigenvalue weighted by atomic mass is 9.92. The summed E-state index contributed by atoms with van der Waals surface area (Å²) in [5.41, 5.74) is 1.75. The standard InChI is InChI=1S/C14H20BrNO/c1-10(2)14(5-6-14)9-16-8-11-3-4-13(17)12(15)7-11/h3-4,7,10,16-17H,5-6,8-9H2,1-2H3. The van der Waals surface area contributed by atoms with Crippen LogP contribution in [-0.4, -0.2) is 11.7 Å². The SMILES string of the molecule is CC(C)C1(CNCc2ccc(O)c(Br)c2)CC1. The second-order valence-electron chi connectivity index (χ2n) is 5.41. The maximum Gasteiger partial charge on any atom is 0.129 e. The summed E-state index contributed by atoms with van der Waals surface area (Å²) in [5.74, 6) is 1.07. The summed E-state index contributed by atoms with van der Waals surface area (Å²) < 4.78 is 0.766. The van der Waals surface area contributed by atoms with Gasteiger partial charge in [-0.25, -0.2) is 0 Å². The van der Waals surface area contributed by atoms with E-state index in [0.29, 0.717) is 11.2 Å². The van der Waals surface area contributed by atoms with Gasteiger partial charge in [-0.1, -0.05) is 19.9 Å². The Hall–Kier alpha value is -0.540. The second kappa shape index (κ2) is 4.99. The Bertz CT molecular complexity index is 399. The predicted molar refractivity (Wildman–Crippen MR) is 74.0 cm³/mol. The van der Waals surface area contributed by atoms with Crippen molar-refractivity contribution in [2.75, 3.05) is 6.54 Å². The fraction of sp³-hybridized carbons (Fsp3) is 0.571. The van der Waals surface area contributed by atoms with Crippen LogP contribution in [0.3, 0.4) is 0 Å². The molecule has 2 nitrogen and oxygen atoms in total. The molecule has 1 aliphatic carbocycles. The molecule has 0 bridgehead atoms. The van der Waals surface area contributed by atoms with E-state index in [1.54, 1.807) is 6.07 Å². The highest BCUT2D eigenvalue weighted by molar-refractivity contribution is 9.10. The molecule has 94 valence electrons. The average molecular weight is 298 g/mol. The normalized spacial score (nSPS) is 17.4. The number of phenolic OH excluding ortho intramolecular Hbond substituents is 1. The van der Waals surface area contributed by atoms with Gasteiger partial charge in [-0.05, 0) is 57.8 Å². The Morgan fingerprint density at radius 2 is 2.12 bits per heavy atom. The molecule has 2 N–H and O–H groups in total. The van der Waals surface area contributed by atoms with E-state index in [0.717, 1.165) is 23.5 Å². The van der Waals surface area contributed by atoms with Gasteiger partial charge in [-0.2, -0.15) is 0 Å². The van der Waals surface area contributed by atoms with Crippen molar-refractivity contribution in [2.45, 2.75) is 33.2 Å². The van der Waals surface area contributed by atoms with Crippen molar-refractivity contribution in [2.24, 2.45) is 11.3 Å². The lowest BCUT2D eigenvalue weighted by molar-refractivity contribution is 0.338. The van der Waals surface area contributed by atoms with Crippen LogP contribution in [-0.2, 0) is 6.54 Å². The van der Waals surface area contributed by atoms with E-state index >= 15 is 0 Å². The van der Waals surface area contributed by atoms with Crippen molar-refractivity contribution in [3.05, 3.63) is 28.2 Å². The van der Waals surface area contributed by atoms with Crippen LogP contribution in [0.2, 0.25) is 0 Å². The number of aromatic hydroxyl groups is 1. The van der Waals surface area contributed by atoms with Gasteiger partial charge in [0, 0.05) is 13.1 Å². The van der Waals surface area contributed by atoms with Crippen molar-refractivity contribution in [3.8, 4) is 5.75 Å². The molecule has 0 spiro atoms. The highest BCUT2D eigenvalue weighted by Crippen LogP contribution is 2.51. The molecule has 2 rings (SSSR count). The molecule has 1 fully saturated rings. The van der Waals surface area contributed by atoms with Gasteiger partial charge in [0.25, 0.3) is 0 Å². The Labute approximate surface area is 112 Å². The van der Waals surface area contributed by atoms with Gasteiger partial charge in [-0.3, -0.25) is 0 Å². The van der Waals surface area contributed by atoms with E-state index in [-0.39, 0.29) is 0 Å². The summed E-state index contributed by atoms with van der Waals surface area (Å²) in [4.78, 5) is 0. The van der Waals surface area contributed by atoms with Gasteiger partial charge in [0.15, 0.2) is 0 Å². The monoisotopic (exact) mass is 297 g/mol. The minimum atomic E-state index is 0.301. The van der Waals surface area contributed by atoms with E-state index in [4.69, 9.17) is 0 Å². The van der Waals surface area contributed by atoms with Crippen molar-refractivity contribution < 1.29 is 5.11 Å². The third-order valence-corrected chi connectivity index (χ3v) is 4.57. The summed E-state index contributed by atoms with van der Waals surface area (Å²) in [6.07, 6.45) is 2.72. The first-order valence-electron chi connectivity index (χ1n) is 6.22. The average Bonchev–Trinajstić information content (AvgIpc) is 3.04. The molecule has 1 saturated carbocycles. The topological polar surface area (TPSA) is 32.3 Å². The van der Waals surface area contributed by atoms with Crippen LogP contribution in [0.25, 0.3) is 0 Å². The van der Waals surface area contributed by atoms with Crippen LogP contribution in [0.15, 0.2) is 22.7 Å². The largest absolute Gasteiger partial charge is 0.507 e. The van der Waals surface area contributed by atoms with Gasteiger partial charge in [0.05, 0.1) is 4.47 Å². The lowest BCUT2D eigenvalue weighted by Gasteiger charge is -2.20. The summed E-state index contributed by atoms with van der Waals surface area (Å²) in [6.45, 7) is 6.59. The molecule has 0 heterocycles. The number of phenols is 1. The van der Waals surface area contributed by atoms with E-state index in [2.05, 4.69) is 35.1 Å². The maximum atomic E-state index is 9.41. The van der Waals surface area contributed by atoms with Gasteiger partial charge in [0.1, 0.15) is 5.75 Å². The van der Waals surface area contributed by atoms with Gasteiger partial charge in [0.2, 0.25) is 0 Å². The van der Waals surface area contributed by atoms with Gasteiger partial charge in [-0.15, -0.1) is 0 Å². The number of benzene rings is 1. The van der Waals surface area contributed by atoms with Gasteiger partial charge < -0.3 is 10.4 Å². The van der Waals surface area contributed by atoms with E-state index in [9.17, 15) is 5.11 Å². The van der Waals surface area contributed by atoms with Crippen molar-refractivity contribution in [1.82, 2.24) is 5.32 Å².